The van der Waals surface area contributed by atoms with Crippen LogP contribution >= 0.6 is 0 Å². The molecule has 0 saturated carbocycles. The van der Waals surface area contributed by atoms with E-state index in [4.69, 9.17) is 4.74 Å². The minimum absolute atomic E-state index is 0.140. The van der Waals surface area contributed by atoms with E-state index < -0.39 is 0 Å². The zero-order valence-corrected chi connectivity index (χ0v) is 12.4. The highest BCUT2D eigenvalue weighted by Gasteiger charge is 2.15. The SMILES string of the molecule is CCCC(CNC(C)(C)C)Oc1ccccc1C. The summed E-state index contributed by atoms with van der Waals surface area (Å²) in [5.41, 5.74) is 1.34. The molecule has 2 heteroatoms. The van der Waals surface area contributed by atoms with Gasteiger partial charge in [0, 0.05) is 12.1 Å². The standard InChI is InChI=1S/C16H27NO/c1-6-9-14(12-17-16(3,4)5)18-15-11-8-7-10-13(15)2/h7-8,10-11,14,17H,6,9,12H2,1-5H3. The fraction of sp³-hybridized carbons (Fsp3) is 0.625. The van der Waals surface area contributed by atoms with Crippen molar-refractivity contribution in [2.75, 3.05) is 6.54 Å². The molecule has 18 heavy (non-hydrogen) atoms. The summed E-state index contributed by atoms with van der Waals surface area (Å²) >= 11 is 0. The Balaban J connectivity index is 2.60. The molecule has 1 rings (SSSR count). The monoisotopic (exact) mass is 249 g/mol. The van der Waals surface area contributed by atoms with Gasteiger partial charge in [-0.1, -0.05) is 31.5 Å². The fourth-order valence-corrected chi connectivity index (χ4v) is 1.81. The summed E-state index contributed by atoms with van der Waals surface area (Å²) in [7, 11) is 0. The lowest BCUT2D eigenvalue weighted by Gasteiger charge is -2.26. The smallest absolute Gasteiger partial charge is 0.122 e. The summed E-state index contributed by atoms with van der Waals surface area (Å²) in [6, 6.07) is 8.22. The molecule has 102 valence electrons. The summed E-state index contributed by atoms with van der Waals surface area (Å²) in [6.07, 6.45) is 2.47. The van der Waals surface area contributed by atoms with Gasteiger partial charge in [0.15, 0.2) is 0 Å². The van der Waals surface area contributed by atoms with E-state index in [1.165, 1.54) is 5.56 Å². The van der Waals surface area contributed by atoms with E-state index in [1.54, 1.807) is 0 Å². The van der Waals surface area contributed by atoms with E-state index in [2.05, 4.69) is 52.1 Å². The van der Waals surface area contributed by atoms with Crippen molar-refractivity contribution < 1.29 is 4.74 Å². The van der Waals surface area contributed by atoms with Gasteiger partial charge >= 0.3 is 0 Å². The molecule has 0 aliphatic carbocycles. The van der Waals surface area contributed by atoms with Crippen molar-refractivity contribution in [1.82, 2.24) is 5.32 Å². The van der Waals surface area contributed by atoms with Gasteiger partial charge in [-0.2, -0.15) is 0 Å². The first-order chi connectivity index (χ1) is 8.42. The summed E-state index contributed by atoms with van der Waals surface area (Å²) in [5.74, 6) is 1.01. The molecule has 0 aliphatic heterocycles. The summed E-state index contributed by atoms with van der Waals surface area (Å²) in [5, 5.41) is 3.52. The molecule has 0 amide bonds. The Morgan fingerprint density at radius 3 is 2.44 bits per heavy atom. The van der Waals surface area contributed by atoms with Gasteiger partial charge in [-0.3, -0.25) is 0 Å². The first-order valence-corrected chi connectivity index (χ1v) is 6.89. The molecular formula is C16H27NO. The number of rotatable bonds is 6. The molecule has 2 nitrogen and oxygen atoms in total. The Morgan fingerprint density at radius 2 is 1.89 bits per heavy atom. The molecule has 0 aliphatic rings. The van der Waals surface area contributed by atoms with Gasteiger partial charge in [0.1, 0.15) is 11.9 Å². The van der Waals surface area contributed by atoms with Gasteiger partial charge in [-0.25, -0.2) is 0 Å². The van der Waals surface area contributed by atoms with Crippen LogP contribution in [0.5, 0.6) is 5.75 Å². The number of ether oxygens (including phenoxy) is 1. The molecular weight excluding hydrogens is 222 g/mol. The molecule has 1 unspecified atom stereocenters. The highest BCUT2D eigenvalue weighted by Crippen LogP contribution is 2.19. The van der Waals surface area contributed by atoms with Crippen molar-refractivity contribution >= 4 is 0 Å². The van der Waals surface area contributed by atoms with E-state index in [0.717, 1.165) is 25.1 Å². The zero-order valence-electron chi connectivity index (χ0n) is 12.4. The van der Waals surface area contributed by atoms with Crippen LogP contribution in [0, 0.1) is 6.92 Å². The van der Waals surface area contributed by atoms with Crippen LogP contribution < -0.4 is 10.1 Å². The molecule has 1 atom stereocenters. The van der Waals surface area contributed by atoms with Crippen LogP contribution in [0.1, 0.15) is 46.1 Å². The minimum atomic E-state index is 0.140. The number of nitrogens with one attached hydrogen (secondary N) is 1. The van der Waals surface area contributed by atoms with Gasteiger partial charge in [0.05, 0.1) is 0 Å². The van der Waals surface area contributed by atoms with Crippen LogP contribution in [0.25, 0.3) is 0 Å². The van der Waals surface area contributed by atoms with Crippen molar-refractivity contribution in [3.05, 3.63) is 29.8 Å². The van der Waals surface area contributed by atoms with Crippen LogP contribution in [-0.4, -0.2) is 18.2 Å². The van der Waals surface area contributed by atoms with Crippen LogP contribution in [0.4, 0.5) is 0 Å². The molecule has 0 bridgehead atoms. The average Bonchev–Trinajstić information content (AvgIpc) is 2.28. The van der Waals surface area contributed by atoms with Gasteiger partial charge in [-0.15, -0.1) is 0 Å². The molecule has 1 aromatic rings. The molecule has 1 aromatic carbocycles. The van der Waals surface area contributed by atoms with E-state index in [9.17, 15) is 0 Å². The molecule has 0 radical (unpaired) electrons. The van der Waals surface area contributed by atoms with Crippen molar-refractivity contribution in [2.24, 2.45) is 0 Å². The maximum Gasteiger partial charge on any atom is 0.122 e. The zero-order chi connectivity index (χ0) is 13.6. The third kappa shape index (κ3) is 5.54. The van der Waals surface area contributed by atoms with Crippen LogP contribution in [0.15, 0.2) is 24.3 Å². The molecule has 0 fully saturated rings. The highest BCUT2D eigenvalue weighted by molar-refractivity contribution is 5.31. The Kier molecular flexibility index (Phi) is 5.67. The quantitative estimate of drug-likeness (QED) is 0.824. The van der Waals surface area contributed by atoms with Crippen molar-refractivity contribution in [3.63, 3.8) is 0 Å². The summed E-state index contributed by atoms with van der Waals surface area (Å²) in [4.78, 5) is 0. The Hall–Kier alpha value is -1.02. The van der Waals surface area contributed by atoms with Crippen LogP contribution in [0.2, 0.25) is 0 Å². The van der Waals surface area contributed by atoms with Gasteiger partial charge in [0.2, 0.25) is 0 Å². The lowest BCUT2D eigenvalue weighted by molar-refractivity contribution is 0.174. The first-order valence-electron chi connectivity index (χ1n) is 6.89. The lowest BCUT2D eigenvalue weighted by Crippen LogP contribution is -2.42. The summed E-state index contributed by atoms with van der Waals surface area (Å²) in [6.45, 7) is 11.7. The van der Waals surface area contributed by atoms with Crippen molar-refractivity contribution in [3.8, 4) is 5.75 Å². The molecule has 0 heterocycles. The van der Waals surface area contributed by atoms with E-state index >= 15 is 0 Å². The minimum Gasteiger partial charge on any atom is -0.489 e. The van der Waals surface area contributed by atoms with Gasteiger partial charge in [0.25, 0.3) is 0 Å². The van der Waals surface area contributed by atoms with Gasteiger partial charge < -0.3 is 10.1 Å². The average molecular weight is 249 g/mol. The normalized spacial score (nSPS) is 13.4. The Bertz CT molecular complexity index is 354. The second-order valence-corrected chi connectivity index (χ2v) is 5.92. The highest BCUT2D eigenvalue weighted by atomic mass is 16.5. The predicted molar refractivity (Wildman–Crippen MR) is 78.3 cm³/mol. The third-order valence-electron chi connectivity index (χ3n) is 2.86. The van der Waals surface area contributed by atoms with Gasteiger partial charge in [-0.05, 0) is 45.7 Å². The number of hydrogen-bond donors (Lipinski definition) is 1. The predicted octanol–water partition coefficient (Wildman–Crippen LogP) is 3.93. The summed E-state index contributed by atoms with van der Waals surface area (Å²) < 4.78 is 6.12. The second kappa shape index (κ2) is 6.79. The van der Waals surface area contributed by atoms with Crippen molar-refractivity contribution in [2.45, 2.75) is 59.1 Å². The second-order valence-electron chi connectivity index (χ2n) is 5.92. The molecule has 0 saturated heterocycles. The topological polar surface area (TPSA) is 21.3 Å². The van der Waals surface area contributed by atoms with E-state index in [-0.39, 0.29) is 11.6 Å². The third-order valence-corrected chi connectivity index (χ3v) is 2.86. The number of hydrogen-bond acceptors (Lipinski definition) is 2. The van der Waals surface area contributed by atoms with Crippen molar-refractivity contribution in [1.29, 1.82) is 0 Å². The first kappa shape index (κ1) is 15.0. The molecule has 0 spiro atoms. The fourth-order valence-electron chi connectivity index (χ4n) is 1.81. The molecule has 0 aromatic heterocycles. The Morgan fingerprint density at radius 1 is 1.22 bits per heavy atom. The number of para-hydroxylation sites is 1. The number of benzene rings is 1. The lowest BCUT2D eigenvalue weighted by atomic mass is 10.1. The van der Waals surface area contributed by atoms with E-state index in [1.807, 2.05) is 12.1 Å². The van der Waals surface area contributed by atoms with Crippen LogP contribution in [-0.2, 0) is 0 Å². The van der Waals surface area contributed by atoms with E-state index in [0.29, 0.717) is 0 Å². The Labute approximate surface area is 112 Å². The maximum absolute atomic E-state index is 6.12. The molecule has 1 N–H and O–H groups in total. The maximum atomic E-state index is 6.12. The number of aryl methyl sites for hydroxylation is 1. The largest absolute Gasteiger partial charge is 0.489 e. The van der Waals surface area contributed by atoms with Crippen LogP contribution in [0.3, 0.4) is 0 Å².